The van der Waals surface area contributed by atoms with Crippen molar-refractivity contribution in [2.24, 2.45) is 0 Å². The van der Waals surface area contributed by atoms with Crippen LogP contribution in [0.5, 0.6) is 0 Å². The zero-order valence-electron chi connectivity index (χ0n) is 15.8. The lowest BCUT2D eigenvalue weighted by Gasteiger charge is -2.30. The van der Waals surface area contributed by atoms with Crippen LogP contribution in [0.2, 0.25) is 0 Å². The van der Waals surface area contributed by atoms with E-state index in [-0.39, 0.29) is 35.0 Å². The number of rotatable bonds is 4. The van der Waals surface area contributed by atoms with E-state index in [0.29, 0.717) is 11.3 Å². The number of likely N-dealkylation sites (N-methyl/N-ethyl adjacent to an activating group) is 1. The van der Waals surface area contributed by atoms with Gasteiger partial charge in [-0.25, -0.2) is 9.40 Å². The number of halogens is 5. The number of para-hydroxylation sites is 1. The molecule has 30 heavy (non-hydrogen) atoms. The quantitative estimate of drug-likeness (QED) is 0.378. The predicted octanol–water partition coefficient (Wildman–Crippen LogP) is 5.86. The lowest BCUT2D eigenvalue weighted by molar-refractivity contribution is -0.0944. The first-order chi connectivity index (χ1) is 14.3. The van der Waals surface area contributed by atoms with Crippen molar-refractivity contribution in [3.8, 4) is 11.3 Å². The molecule has 1 aromatic heterocycles. The Labute approximate surface area is 174 Å². The maximum atomic E-state index is 14.4. The predicted molar refractivity (Wildman–Crippen MR) is 106 cm³/mol. The molecule has 4 rings (SSSR count). The van der Waals surface area contributed by atoms with Gasteiger partial charge in [0.15, 0.2) is 5.76 Å². The molecule has 3 aromatic rings. The minimum atomic E-state index is -4.65. The number of allylic oxidation sites excluding steroid dienone is 1. The van der Waals surface area contributed by atoms with Gasteiger partial charge >= 0.3 is 6.18 Å². The molecule has 0 fully saturated rings. The van der Waals surface area contributed by atoms with Crippen molar-refractivity contribution in [3.05, 3.63) is 77.4 Å². The van der Waals surface area contributed by atoms with E-state index in [4.69, 9.17) is 16.1 Å². The zero-order chi connectivity index (χ0) is 21.5. The largest absolute Gasteiger partial charge is 0.433 e. The second-order valence-electron chi connectivity index (χ2n) is 6.77. The van der Waals surface area contributed by atoms with Crippen LogP contribution >= 0.6 is 11.6 Å². The minimum absolute atomic E-state index is 0.0241. The van der Waals surface area contributed by atoms with Crippen molar-refractivity contribution < 1.29 is 22.1 Å². The van der Waals surface area contributed by atoms with Crippen LogP contribution in [0.15, 0.2) is 64.8 Å². The van der Waals surface area contributed by atoms with Crippen LogP contribution in [0.3, 0.4) is 0 Å². The van der Waals surface area contributed by atoms with E-state index in [1.165, 1.54) is 23.2 Å². The van der Waals surface area contributed by atoms with Gasteiger partial charge in [0.25, 0.3) is 0 Å². The Balaban J connectivity index is 1.84. The van der Waals surface area contributed by atoms with Gasteiger partial charge in [-0.3, -0.25) is 5.01 Å². The van der Waals surface area contributed by atoms with Crippen molar-refractivity contribution in [2.45, 2.75) is 12.1 Å². The summed E-state index contributed by atoms with van der Waals surface area (Å²) in [6.07, 6.45) is -4.65. The van der Waals surface area contributed by atoms with E-state index in [1.807, 2.05) is 0 Å². The van der Waals surface area contributed by atoms with Crippen molar-refractivity contribution in [3.63, 3.8) is 0 Å². The average molecular weight is 438 g/mol. The molecule has 0 N–H and O–H groups in total. The van der Waals surface area contributed by atoms with Gasteiger partial charge in [0, 0.05) is 36.7 Å². The van der Waals surface area contributed by atoms with Crippen LogP contribution in [0, 0.1) is 5.82 Å². The van der Waals surface area contributed by atoms with E-state index in [1.54, 1.807) is 43.4 Å². The summed E-state index contributed by atoms with van der Waals surface area (Å²) in [5.74, 6) is -0.630. The van der Waals surface area contributed by atoms with Gasteiger partial charge in [-0.05, 0) is 23.8 Å². The first kappa shape index (κ1) is 20.4. The molecule has 0 saturated heterocycles. The molecule has 0 radical (unpaired) electrons. The molecule has 156 valence electrons. The lowest BCUT2D eigenvalue weighted by atomic mass is 10.0. The second kappa shape index (κ2) is 7.77. The molecule has 0 spiro atoms. The van der Waals surface area contributed by atoms with Crippen LogP contribution in [-0.2, 0) is 5.88 Å². The highest BCUT2D eigenvalue weighted by molar-refractivity contribution is 6.17. The Bertz CT molecular complexity index is 1100. The average Bonchev–Trinajstić information content (AvgIpc) is 3.32. The van der Waals surface area contributed by atoms with Crippen LogP contribution in [0.1, 0.15) is 11.3 Å². The highest BCUT2D eigenvalue weighted by Crippen LogP contribution is 2.43. The van der Waals surface area contributed by atoms with Gasteiger partial charge in [0.2, 0.25) is 0 Å². The first-order valence-electron chi connectivity index (χ1n) is 8.98. The molecule has 1 aliphatic rings. The van der Waals surface area contributed by atoms with Crippen LogP contribution in [-0.4, -0.2) is 29.9 Å². The summed E-state index contributed by atoms with van der Waals surface area (Å²) in [5.41, 5.74) is 0.0782. The van der Waals surface area contributed by atoms with Gasteiger partial charge in [-0.1, -0.05) is 35.5 Å². The fourth-order valence-electron chi connectivity index (χ4n) is 3.56. The van der Waals surface area contributed by atoms with E-state index < -0.39 is 17.7 Å². The number of benzene rings is 2. The van der Waals surface area contributed by atoms with Crippen molar-refractivity contribution >= 4 is 22.9 Å². The van der Waals surface area contributed by atoms with Crippen molar-refractivity contribution in [1.29, 1.82) is 0 Å². The van der Waals surface area contributed by atoms with Crippen LogP contribution in [0.25, 0.3) is 16.8 Å². The van der Waals surface area contributed by atoms with E-state index >= 15 is 0 Å². The summed E-state index contributed by atoms with van der Waals surface area (Å²) >= 11 is 5.88. The third-order valence-electron chi connectivity index (χ3n) is 4.80. The summed E-state index contributed by atoms with van der Waals surface area (Å²) in [4.78, 5) is 0. The summed E-state index contributed by atoms with van der Waals surface area (Å²) in [7, 11) is 1.55. The van der Waals surface area contributed by atoms with E-state index in [9.17, 15) is 17.6 Å². The molecular formula is C21H16ClF4N3O. The van der Waals surface area contributed by atoms with Gasteiger partial charge in [-0.2, -0.15) is 13.2 Å². The molecule has 0 amide bonds. The van der Waals surface area contributed by atoms with Crippen LogP contribution < -0.4 is 5.01 Å². The second-order valence-corrected chi connectivity index (χ2v) is 7.04. The SMILES string of the molecule is CN1CC(c2cc(-c3c(F)cccc3CCl)no2)=C(C(F)(F)F)N1c1ccccc1. The van der Waals surface area contributed by atoms with Gasteiger partial charge in [0.05, 0.1) is 5.69 Å². The number of nitrogens with zero attached hydrogens (tertiary/aromatic N) is 3. The highest BCUT2D eigenvalue weighted by atomic mass is 35.5. The number of anilines is 1. The molecule has 0 aliphatic carbocycles. The third-order valence-corrected chi connectivity index (χ3v) is 5.09. The summed E-state index contributed by atoms with van der Waals surface area (Å²) in [5, 5.41) is 6.35. The Kier molecular flexibility index (Phi) is 5.29. The lowest BCUT2D eigenvalue weighted by Crippen LogP contribution is -2.38. The van der Waals surface area contributed by atoms with Crippen molar-refractivity contribution in [1.82, 2.24) is 10.2 Å². The number of hydrogen-bond acceptors (Lipinski definition) is 4. The number of alkyl halides is 4. The highest BCUT2D eigenvalue weighted by Gasteiger charge is 2.47. The van der Waals surface area contributed by atoms with E-state index in [0.717, 1.165) is 5.01 Å². The Hall–Kier alpha value is -2.84. The molecule has 0 unspecified atom stereocenters. The Morgan fingerprint density at radius 3 is 2.50 bits per heavy atom. The molecular weight excluding hydrogens is 422 g/mol. The zero-order valence-corrected chi connectivity index (χ0v) is 16.5. The number of aromatic nitrogens is 1. The molecule has 9 heteroatoms. The number of hydrazine groups is 1. The minimum Gasteiger partial charge on any atom is -0.356 e. The molecule has 4 nitrogen and oxygen atoms in total. The first-order valence-corrected chi connectivity index (χ1v) is 9.52. The van der Waals surface area contributed by atoms with Gasteiger partial charge in [0.1, 0.15) is 17.2 Å². The van der Waals surface area contributed by atoms with Gasteiger partial charge in [-0.15, -0.1) is 11.6 Å². The van der Waals surface area contributed by atoms with Crippen LogP contribution in [0.4, 0.5) is 23.2 Å². The molecule has 2 aromatic carbocycles. The van der Waals surface area contributed by atoms with E-state index in [2.05, 4.69) is 5.16 Å². The molecule has 2 heterocycles. The topological polar surface area (TPSA) is 32.5 Å². The fraction of sp³-hybridized carbons (Fsp3) is 0.190. The fourth-order valence-corrected chi connectivity index (χ4v) is 3.78. The maximum absolute atomic E-state index is 14.4. The summed E-state index contributed by atoms with van der Waals surface area (Å²) < 4.78 is 61.8. The number of hydrogen-bond donors (Lipinski definition) is 0. The normalized spacial score (nSPS) is 15.3. The Morgan fingerprint density at radius 2 is 1.83 bits per heavy atom. The molecule has 0 atom stereocenters. The Morgan fingerprint density at radius 1 is 1.10 bits per heavy atom. The standard InChI is InChI=1S/C21H16ClF4N3O/c1-28-12-15(20(21(24,25)26)29(28)14-7-3-2-4-8-14)18-10-17(27-30-18)19-13(11-22)6-5-9-16(19)23/h2-10H,11-12H2,1H3. The monoisotopic (exact) mass is 437 g/mol. The van der Waals surface area contributed by atoms with Crippen molar-refractivity contribution in [2.75, 3.05) is 18.6 Å². The maximum Gasteiger partial charge on any atom is 0.433 e. The smallest absolute Gasteiger partial charge is 0.356 e. The molecule has 1 aliphatic heterocycles. The summed E-state index contributed by atoms with van der Waals surface area (Å²) in [6, 6.07) is 13.9. The summed E-state index contributed by atoms with van der Waals surface area (Å²) in [6.45, 7) is -0.0575. The molecule has 0 saturated carbocycles. The van der Waals surface area contributed by atoms with Gasteiger partial charge < -0.3 is 4.52 Å². The molecule has 0 bridgehead atoms. The third kappa shape index (κ3) is 3.57.